The van der Waals surface area contributed by atoms with Gasteiger partial charge < -0.3 is 11.5 Å². The first-order valence-electron chi connectivity index (χ1n) is 9.42. The van der Waals surface area contributed by atoms with Crippen LogP contribution in [0.25, 0.3) is 0 Å². The van der Waals surface area contributed by atoms with Crippen LogP contribution in [0.2, 0.25) is 0 Å². The predicted molar refractivity (Wildman–Crippen MR) is 112 cm³/mol. The molecule has 136 valence electrons. The quantitative estimate of drug-likeness (QED) is 0.645. The maximum absolute atomic E-state index is 6.55. The van der Waals surface area contributed by atoms with Gasteiger partial charge in [-0.2, -0.15) is 0 Å². The van der Waals surface area contributed by atoms with Gasteiger partial charge in [-0.15, -0.1) is 0 Å². The fourth-order valence-corrected chi connectivity index (χ4v) is 3.31. The van der Waals surface area contributed by atoms with Gasteiger partial charge in [0, 0.05) is 17.8 Å². The van der Waals surface area contributed by atoms with Crippen molar-refractivity contribution in [2.75, 3.05) is 11.5 Å². The molecule has 25 heavy (non-hydrogen) atoms. The Bertz CT molecular complexity index is 755. The summed E-state index contributed by atoms with van der Waals surface area (Å²) in [7, 11) is 0. The number of aryl methyl sites for hydroxylation is 1. The summed E-state index contributed by atoms with van der Waals surface area (Å²) in [4.78, 5) is 0. The minimum absolute atomic E-state index is 0.415. The van der Waals surface area contributed by atoms with Crippen LogP contribution in [0.5, 0.6) is 0 Å². The van der Waals surface area contributed by atoms with Crippen LogP contribution in [-0.4, -0.2) is 0 Å². The summed E-state index contributed by atoms with van der Waals surface area (Å²) in [5, 5.41) is 0. The molecule has 0 spiro atoms. The molecule has 0 aliphatic carbocycles. The Labute approximate surface area is 153 Å². The fraction of sp³-hybridized carbons (Fsp3) is 0.478. The van der Waals surface area contributed by atoms with Gasteiger partial charge in [-0.3, -0.25) is 0 Å². The Balaban J connectivity index is 2.57. The molecule has 0 aliphatic rings. The van der Waals surface area contributed by atoms with Crippen LogP contribution in [0.3, 0.4) is 0 Å². The first-order chi connectivity index (χ1) is 11.6. The molecule has 0 saturated heterocycles. The molecule has 0 bridgehead atoms. The molecule has 0 aromatic heterocycles. The van der Waals surface area contributed by atoms with Crippen molar-refractivity contribution in [1.29, 1.82) is 0 Å². The Morgan fingerprint density at radius 3 is 1.64 bits per heavy atom. The number of rotatable bonds is 5. The topological polar surface area (TPSA) is 52.0 Å². The summed E-state index contributed by atoms with van der Waals surface area (Å²) in [5.41, 5.74) is 22.2. The molecule has 0 aliphatic heterocycles. The van der Waals surface area contributed by atoms with Crippen molar-refractivity contribution in [2.24, 2.45) is 0 Å². The van der Waals surface area contributed by atoms with Crippen LogP contribution in [0.1, 0.15) is 92.7 Å². The number of hydrogen-bond acceptors (Lipinski definition) is 2. The first kappa shape index (κ1) is 19.4. The van der Waals surface area contributed by atoms with E-state index in [4.69, 9.17) is 11.5 Å². The Kier molecular flexibility index (Phi) is 5.82. The van der Waals surface area contributed by atoms with Gasteiger partial charge in [0.2, 0.25) is 0 Å². The number of nitrogen functional groups attached to an aromatic ring is 2. The maximum Gasteiger partial charge on any atom is 0.0385 e. The van der Waals surface area contributed by atoms with E-state index in [9.17, 15) is 0 Å². The highest BCUT2D eigenvalue weighted by Gasteiger charge is 2.15. The molecule has 0 heterocycles. The van der Waals surface area contributed by atoms with Crippen LogP contribution in [0.15, 0.2) is 24.3 Å². The molecular weight excluding hydrogens is 304 g/mol. The third-order valence-electron chi connectivity index (χ3n) is 5.15. The van der Waals surface area contributed by atoms with E-state index >= 15 is 0 Å². The van der Waals surface area contributed by atoms with Crippen LogP contribution in [0.4, 0.5) is 11.4 Å². The second kappa shape index (κ2) is 7.51. The summed E-state index contributed by atoms with van der Waals surface area (Å²) in [6, 6.07) is 9.00. The second-order valence-electron chi connectivity index (χ2n) is 8.23. The molecule has 0 radical (unpaired) electrons. The van der Waals surface area contributed by atoms with E-state index in [-0.39, 0.29) is 0 Å². The molecule has 2 nitrogen and oxygen atoms in total. The molecule has 0 saturated carbocycles. The third-order valence-corrected chi connectivity index (χ3v) is 5.15. The van der Waals surface area contributed by atoms with E-state index in [0.29, 0.717) is 17.8 Å². The van der Waals surface area contributed by atoms with Gasteiger partial charge in [0.1, 0.15) is 0 Å². The molecule has 0 amide bonds. The van der Waals surface area contributed by atoms with E-state index in [1.807, 2.05) is 0 Å². The van der Waals surface area contributed by atoms with E-state index < -0.39 is 0 Å². The molecule has 0 fully saturated rings. The normalized spacial score (nSPS) is 11.8. The third kappa shape index (κ3) is 4.18. The van der Waals surface area contributed by atoms with Crippen LogP contribution >= 0.6 is 0 Å². The number of benzene rings is 2. The summed E-state index contributed by atoms with van der Waals surface area (Å²) in [6.07, 6.45) is 0.791. The Morgan fingerprint density at radius 1 is 0.680 bits per heavy atom. The molecule has 0 unspecified atom stereocenters. The zero-order valence-corrected chi connectivity index (χ0v) is 16.9. The number of nitrogens with two attached hydrogens (primary N) is 2. The van der Waals surface area contributed by atoms with Gasteiger partial charge >= 0.3 is 0 Å². The number of anilines is 2. The summed E-state index contributed by atoms with van der Waals surface area (Å²) in [6.45, 7) is 15.4. The van der Waals surface area contributed by atoms with Crippen molar-refractivity contribution in [3.63, 3.8) is 0 Å². The SMILES string of the molecule is Cc1cc(C(C)C)cc(Cc2cc(C(C)C)cc(C(C)C)c2N)c1N. The average Bonchev–Trinajstić information content (AvgIpc) is 2.52. The maximum atomic E-state index is 6.55. The molecule has 0 atom stereocenters. The van der Waals surface area contributed by atoms with Crippen molar-refractivity contribution in [1.82, 2.24) is 0 Å². The highest BCUT2D eigenvalue weighted by atomic mass is 14.6. The minimum Gasteiger partial charge on any atom is -0.398 e. The molecule has 2 aromatic rings. The molecule has 2 aromatic carbocycles. The van der Waals surface area contributed by atoms with Crippen LogP contribution < -0.4 is 11.5 Å². The van der Waals surface area contributed by atoms with Gasteiger partial charge in [0.25, 0.3) is 0 Å². The monoisotopic (exact) mass is 338 g/mol. The van der Waals surface area contributed by atoms with E-state index in [1.54, 1.807) is 0 Å². The Morgan fingerprint density at radius 2 is 1.16 bits per heavy atom. The highest BCUT2D eigenvalue weighted by molar-refractivity contribution is 5.62. The first-order valence-corrected chi connectivity index (χ1v) is 9.42. The zero-order chi connectivity index (χ0) is 18.9. The van der Waals surface area contributed by atoms with Gasteiger partial charge in [-0.1, -0.05) is 65.8 Å². The summed E-state index contributed by atoms with van der Waals surface area (Å²) >= 11 is 0. The molecular formula is C23H34N2. The smallest absolute Gasteiger partial charge is 0.0385 e. The van der Waals surface area contributed by atoms with Crippen LogP contribution in [-0.2, 0) is 6.42 Å². The predicted octanol–water partition coefficient (Wildman–Crippen LogP) is 6.12. The van der Waals surface area contributed by atoms with E-state index in [1.165, 1.54) is 27.8 Å². The lowest BCUT2D eigenvalue weighted by Gasteiger charge is -2.20. The van der Waals surface area contributed by atoms with Crippen molar-refractivity contribution in [2.45, 2.75) is 72.6 Å². The van der Waals surface area contributed by atoms with E-state index in [2.05, 4.69) is 72.7 Å². The lowest BCUT2D eigenvalue weighted by Crippen LogP contribution is -2.07. The Hall–Kier alpha value is -1.96. The minimum atomic E-state index is 0.415. The van der Waals surface area contributed by atoms with Crippen molar-refractivity contribution in [3.8, 4) is 0 Å². The fourth-order valence-electron chi connectivity index (χ4n) is 3.31. The summed E-state index contributed by atoms with van der Waals surface area (Å²) in [5.74, 6) is 1.39. The van der Waals surface area contributed by atoms with Gasteiger partial charge in [0.15, 0.2) is 0 Å². The molecule has 2 heteroatoms. The van der Waals surface area contributed by atoms with Crippen molar-refractivity contribution < 1.29 is 0 Å². The average molecular weight is 339 g/mol. The van der Waals surface area contributed by atoms with Crippen molar-refractivity contribution in [3.05, 3.63) is 57.6 Å². The van der Waals surface area contributed by atoms with Gasteiger partial charge in [0.05, 0.1) is 0 Å². The second-order valence-corrected chi connectivity index (χ2v) is 8.23. The van der Waals surface area contributed by atoms with Gasteiger partial charge in [-0.05, 0) is 58.1 Å². The van der Waals surface area contributed by atoms with Crippen molar-refractivity contribution >= 4 is 11.4 Å². The number of hydrogen-bond donors (Lipinski definition) is 2. The highest BCUT2D eigenvalue weighted by Crippen LogP contribution is 2.33. The van der Waals surface area contributed by atoms with Gasteiger partial charge in [-0.25, -0.2) is 0 Å². The lowest BCUT2D eigenvalue weighted by atomic mass is 9.87. The zero-order valence-electron chi connectivity index (χ0n) is 16.9. The van der Waals surface area contributed by atoms with E-state index in [0.717, 1.165) is 23.4 Å². The molecule has 2 rings (SSSR count). The summed E-state index contributed by atoms with van der Waals surface area (Å²) < 4.78 is 0. The van der Waals surface area contributed by atoms with Crippen LogP contribution in [0, 0.1) is 6.92 Å². The molecule has 4 N–H and O–H groups in total. The largest absolute Gasteiger partial charge is 0.398 e. The standard InChI is InChI=1S/C23H34N2/c1-13(2)17-8-16(7)22(24)19(9-17)11-20-10-18(14(3)4)12-21(15(5)6)23(20)25/h8-10,12-15H,11,24-25H2,1-7H3. The lowest BCUT2D eigenvalue weighted by molar-refractivity contribution is 0.831.